The summed E-state index contributed by atoms with van der Waals surface area (Å²) in [5.41, 5.74) is 1.38. The standard InChI is InChI=1S/C16H14B2F6N4O2/c17-15(18)12(16(22,23)24)27-13(29)28(15)6-8-1-2-9-10(5-8)26-11(25-9)3-4-30-7-14(19,20)21/h1-2,5,12H,3-4,6-7H2,(H,25,26)(H,27,29). The Morgan fingerprint density at radius 3 is 2.50 bits per heavy atom. The van der Waals surface area contributed by atoms with Crippen molar-refractivity contribution in [3.05, 3.63) is 29.6 Å². The molecule has 1 aliphatic heterocycles. The highest BCUT2D eigenvalue weighted by atomic mass is 19.4. The molecule has 6 nitrogen and oxygen atoms in total. The number of ether oxygens (including phenoxy) is 1. The third-order valence-corrected chi connectivity index (χ3v) is 4.46. The van der Waals surface area contributed by atoms with E-state index in [2.05, 4.69) is 14.7 Å². The molecule has 1 aromatic carbocycles. The first-order valence-electron chi connectivity index (χ1n) is 8.62. The minimum Gasteiger partial charge on any atom is -0.372 e. The van der Waals surface area contributed by atoms with Crippen molar-refractivity contribution in [1.82, 2.24) is 20.2 Å². The second-order valence-corrected chi connectivity index (χ2v) is 6.85. The summed E-state index contributed by atoms with van der Waals surface area (Å²) in [6, 6.07) is 1.11. The van der Waals surface area contributed by atoms with Gasteiger partial charge in [-0.25, -0.2) is 9.78 Å². The van der Waals surface area contributed by atoms with Gasteiger partial charge in [-0.3, -0.25) is 0 Å². The molecule has 4 radical (unpaired) electrons. The molecule has 2 heterocycles. The van der Waals surface area contributed by atoms with E-state index < -0.39 is 36.4 Å². The molecule has 158 valence electrons. The maximum Gasteiger partial charge on any atom is 0.411 e. The second-order valence-electron chi connectivity index (χ2n) is 6.85. The molecular weight excluding hydrogens is 416 g/mol. The molecular formula is C16H14B2F6N4O2. The molecule has 2 aromatic rings. The fourth-order valence-corrected chi connectivity index (χ4v) is 3.07. The van der Waals surface area contributed by atoms with Crippen molar-refractivity contribution in [3.63, 3.8) is 0 Å². The zero-order chi connectivity index (χ0) is 22.3. The van der Waals surface area contributed by atoms with Crippen LogP contribution >= 0.6 is 0 Å². The lowest BCUT2D eigenvalue weighted by Crippen LogP contribution is -2.58. The summed E-state index contributed by atoms with van der Waals surface area (Å²) in [4.78, 5) is 19.7. The molecule has 30 heavy (non-hydrogen) atoms. The van der Waals surface area contributed by atoms with Gasteiger partial charge in [-0.15, -0.1) is 0 Å². The van der Waals surface area contributed by atoms with E-state index in [0.717, 1.165) is 0 Å². The van der Waals surface area contributed by atoms with Crippen LogP contribution in [-0.2, 0) is 17.7 Å². The molecule has 2 amide bonds. The van der Waals surface area contributed by atoms with Crippen LogP contribution in [0.25, 0.3) is 11.0 Å². The number of carbonyl (C=O) groups is 1. The van der Waals surface area contributed by atoms with Crippen LogP contribution in [0.3, 0.4) is 0 Å². The molecule has 1 aliphatic rings. The van der Waals surface area contributed by atoms with Crippen LogP contribution in [-0.4, -0.2) is 73.5 Å². The lowest BCUT2D eigenvalue weighted by atomic mass is 9.57. The largest absolute Gasteiger partial charge is 0.411 e. The quantitative estimate of drug-likeness (QED) is 0.420. The molecule has 1 unspecified atom stereocenters. The average molecular weight is 430 g/mol. The molecule has 1 atom stereocenters. The van der Waals surface area contributed by atoms with Gasteiger partial charge in [-0.05, 0) is 23.0 Å². The number of hydrogen-bond acceptors (Lipinski definition) is 3. The average Bonchev–Trinajstić information content (AvgIpc) is 3.10. The molecule has 1 aromatic heterocycles. The van der Waals surface area contributed by atoms with Gasteiger partial charge in [0.15, 0.2) is 0 Å². The first-order valence-corrected chi connectivity index (χ1v) is 8.62. The Kier molecular flexibility index (Phi) is 5.74. The van der Waals surface area contributed by atoms with Gasteiger partial charge >= 0.3 is 18.4 Å². The van der Waals surface area contributed by atoms with Gasteiger partial charge in [0, 0.05) is 13.0 Å². The second kappa shape index (κ2) is 7.71. The van der Waals surface area contributed by atoms with E-state index in [4.69, 9.17) is 15.7 Å². The van der Waals surface area contributed by atoms with E-state index in [9.17, 15) is 31.1 Å². The highest BCUT2D eigenvalue weighted by Gasteiger charge is 2.57. The number of hydrogen-bond donors (Lipinski definition) is 2. The lowest BCUT2D eigenvalue weighted by Gasteiger charge is -2.36. The summed E-state index contributed by atoms with van der Waals surface area (Å²) in [6.45, 7) is -1.87. The first-order chi connectivity index (χ1) is 13.8. The number of carbonyl (C=O) groups excluding carboxylic acids is 1. The van der Waals surface area contributed by atoms with Crippen molar-refractivity contribution in [3.8, 4) is 0 Å². The number of nitrogens with zero attached hydrogens (tertiary/aromatic N) is 2. The Labute approximate surface area is 169 Å². The number of aromatic nitrogens is 2. The normalized spacial score (nSPS) is 19.5. The van der Waals surface area contributed by atoms with Crippen molar-refractivity contribution in [2.24, 2.45) is 0 Å². The van der Waals surface area contributed by atoms with Crippen LogP contribution < -0.4 is 5.32 Å². The Morgan fingerprint density at radius 2 is 1.90 bits per heavy atom. The third kappa shape index (κ3) is 4.85. The molecule has 0 saturated carbocycles. The zero-order valence-corrected chi connectivity index (χ0v) is 15.3. The maximum atomic E-state index is 13.1. The van der Waals surface area contributed by atoms with E-state index >= 15 is 0 Å². The number of alkyl halides is 6. The molecule has 3 rings (SSSR count). The van der Waals surface area contributed by atoms with Crippen LogP contribution in [0.4, 0.5) is 31.1 Å². The van der Waals surface area contributed by atoms with Crippen LogP contribution in [0.1, 0.15) is 11.4 Å². The summed E-state index contributed by atoms with van der Waals surface area (Å²) in [5.74, 6) is 0.368. The fourth-order valence-electron chi connectivity index (χ4n) is 3.07. The number of H-pyrrole nitrogens is 1. The van der Waals surface area contributed by atoms with Crippen molar-refractivity contribution >= 4 is 32.8 Å². The monoisotopic (exact) mass is 430 g/mol. The third-order valence-electron chi connectivity index (χ3n) is 4.46. The lowest BCUT2D eigenvalue weighted by molar-refractivity contribution is -0.173. The van der Waals surface area contributed by atoms with E-state index in [1.54, 1.807) is 11.4 Å². The van der Waals surface area contributed by atoms with Crippen molar-refractivity contribution in [1.29, 1.82) is 0 Å². The fraction of sp³-hybridized carbons (Fsp3) is 0.500. The van der Waals surface area contributed by atoms with Crippen LogP contribution in [0.5, 0.6) is 0 Å². The Morgan fingerprint density at radius 1 is 1.20 bits per heavy atom. The van der Waals surface area contributed by atoms with E-state index in [1.807, 2.05) is 0 Å². The number of aromatic amines is 1. The minimum absolute atomic E-state index is 0.0938. The number of nitrogens with one attached hydrogen (secondary N) is 2. The maximum absolute atomic E-state index is 13.1. The van der Waals surface area contributed by atoms with Gasteiger partial charge in [0.05, 0.1) is 33.3 Å². The Bertz CT molecular complexity index is 931. The van der Waals surface area contributed by atoms with Crippen molar-refractivity contribution < 1.29 is 35.9 Å². The first kappa shape index (κ1) is 22.3. The highest BCUT2D eigenvalue weighted by Crippen LogP contribution is 2.34. The van der Waals surface area contributed by atoms with Crippen molar-refractivity contribution in [2.45, 2.75) is 36.7 Å². The summed E-state index contributed by atoms with van der Waals surface area (Å²) >= 11 is 0. The summed E-state index contributed by atoms with van der Waals surface area (Å²) in [7, 11) is 11.2. The predicted octanol–water partition coefficient (Wildman–Crippen LogP) is 2.13. The SMILES string of the molecule is [B]C1([B])C(C(F)(F)F)NC(=O)N1Cc1ccc2nc(CCOCC(F)(F)F)[nH]c2c1. The Hall–Kier alpha value is -2.37. The minimum atomic E-state index is -4.83. The van der Waals surface area contributed by atoms with Crippen LogP contribution in [0.15, 0.2) is 18.2 Å². The smallest absolute Gasteiger partial charge is 0.372 e. The summed E-state index contributed by atoms with van der Waals surface area (Å²) in [6.07, 6.45) is -9.15. The van der Waals surface area contributed by atoms with Gasteiger partial charge in [0.25, 0.3) is 0 Å². The van der Waals surface area contributed by atoms with Gasteiger partial charge < -0.3 is 19.9 Å². The van der Waals surface area contributed by atoms with Gasteiger partial charge in [-0.1, -0.05) is 6.07 Å². The van der Waals surface area contributed by atoms with Gasteiger partial charge in [0.1, 0.15) is 18.5 Å². The number of amides is 2. The van der Waals surface area contributed by atoms with E-state index in [-0.39, 0.29) is 19.6 Å². The molecule has 1 saturated heterocycles. The topological polar surface area (TPSA) is 70.2 Å². The highest BCUT2D eigenvalue weighted by molar-refractivity contribution is 6.42. The number of halogens is 6. The molecule has 0 spiro atoms. The zero-order valence-electron chi connectivity index (χ0n) is 15.3. The van der Waals surface area contributed by atoms with Crippen LogP contribution in [0, 0.1) is 0 Å². The number of fused-ring (bicyclic) bond motifs is 1. The molecule has 0 aliphatic carbocycles. The molecule has 0 bridgehead atoms. The summed E-state index contributed by atoms with van der Waals surface area (Å²) < 4.78 is 79.9. The number of benzene rings is 1. The van der Waals surface area contributed by atoms with Crippen molar-refractivity contribution in [2.75, 3.05) is 13.2 Å². The Balaban J connectivity index is 1.69. The van der Waals surface area contributed by atoms with Gasteiger partial charge in [0.2, 0.25) is 0 Å². The van der Waals surface area contributed by atoms with E-state index in [1.165, 1.54) is 12.1 Å². The van der Waals surface area contributed by atoms with E-state index in [0.29, 0.717) is 27.3 Å². The van der Waals surface area contributed by atoms with Crippen LogP contribution in [0.2, 0.25) is 0 Å². The number of imidazole rings is 1. The summed E-state index contributed by atoms with van der Waals surface area (Å²) in [5, 5.41) is -0.754. The predicted molar refractivity (Wildman–Crippen MR) is 94.8 cm³/mol. The number of urea groups is 1. The molecule has 1 fully saturated rings. The molecule has 2 N–H and O–H groups in total. The molecule has 14 heteroatoms. The number of rotatable bonds is 6. The van der Waals surface area contributed by atoms with Gasteiger partial charge in [-0.2, -0.15) is 26.3 Å².